The Hall–Kier alpha value is -3.07. The minimum absolute atomic E-state index is 0.188. The Balaban J connectivity index is 1.39. The van der Waals surface area contributed by atoms with Crippen LogP contribution in [0.25, 0.3) is 0 Å². The summed E-state index contributed by atoms with van der Waals surface area (Å²) in [6.45, 7) is 0.644. The molecule has 134 valence electrons. The zero-order valence-corrected chi connectivity index (χ0v) is 14.6. The first-order valence-electron chi connectivity index (χ1n) is 7.89. The lowest BCUT2D eigenvalue weighted by molar-refractivity contribution is 0.0910. The summed E-state index contributed by atoms with van der Waals surface area (Å²) in [6.07, 6.45) is 2.90. The van der Waals surface area contributed by atoms with Crippen molar-refractivity contribution in [3.63, 3.8) is 0 Å². The van der Waals surface area contributed by atoms with Crippen molar-refractivity contribution in [3.05, 3.63) is 65.9 Å². The number of furan rings is 1. The van der Waals surface area contributed by atoms with E-state index in [0.717, 1.165) is 16.5 Å². The number of carbonyl (C=O) groups is 2. The topological polar surface area (TPSA) is 113 Å². The first kappa shape index (κ1) is 17.7. The van der Waals surface area contributed by atoms with Gasteiger partial charge in [0.2, 0.25) is 0 Å². The van der Waals surface area contributed by atoms with E-state index < -0.39 is 0 Å². The van der Waals surface area contributed by atoms with Crippen LogP contribution in [0.2, 0.25) is 0 Å². The Bertz CT molecular complexity index is 832. The van der Waals surface area contributed by atoms with E-state index in [4.69, 9.17) is 4.42 Å². The molecule has 0 saturated carbocycles. The number of rotatable bonds is 8. The third-order valence-corrected chi connectivity index (χ3v) is 4.37. The third-order valence-electron chi connectivity index (χ3n) is 3.43. The maximum atomic E-state index is 12.1. The molecule has 9 heteroatoms. The predicted molar refractivity (Wildman–Crippen MR) is 95.8 cm³/mol. The molecule has 3 N–H and O–H groups in total. The maximum Gasteiger partial charge on any atom is 0.287 e. The first-order valence-corrected chi connectivity index (χ1v) is 8.88. The van der Waals surface area contributed by atoms with Crippen molar-refractivity contribution in [2.45, 2.75) is 10.9 Å². The lowest BCUT2D eigenvalue weighted by Crippen LogP contribution is -2.34. The second-order valence-electron chi connectivity index (χ2n) is 5.27. The van der Waals surface area contributed by atoms with Crippen molar-refractivity contribution in [1.29, 1.82) is 0 Å². The van der Waals surface area contributed by atoms with Crippen molar-refractivity contribution in [2.75, 3.05) is 13.1 Å². The smallest absolute Gasteiger partial charge is 0.287 e. The van der Waals surface area contributed by atoms with Gasteiger partial charge >= 0.3 is 0 Å². The number of hydrogen-bond donors (Lipinski definition) is 3. The number of aromatic nitrogens is 3. The predicted octanol–water partition coefficient (Wildman–Crippen LogP) is 1.85. The van der Waals surface area contributed by atoms with E-state index >= 15 is 0 Å². The van der Waals surface area contributed by atoms with E-state index in [2.05, 4.69) is 25.8 Å². The van der Waals surface area contributed by atoms with E-state index in [1.165, 1.54) is 24.4 Å². The van der Waals surface area contributed by atoms with Crippen LogP contribution in [0.5, 0.6) is 0 Å². The molecule has 2 heterocycles. The number of H-pyrrole nitrogens is 1. The SMILES string of the molecule is O=C(NCCNC(=O)c1ccco1)c1ccc(CSc2ncn[nH]2)cc1. The van der Waals surface area contributed by atoms with E-state index in [1.807, 2.05) is 12.1 Å². The van der Waals surface area contributed by atoms with Gasteiger partial charge in [-0.15, -0.1) is 0 Å². The number of nitrogens with zero attached hydrogens (tertiary/aromatic N) is 2. The number of amides is 2. The largest absolute Gasteiger partial charge is 0.459 e. The van der Waals surface area contributed by atoms with Gasteiger partial charge in [-0.3, -0.25) is 14.7 Å². The van der Waals surface area contributed by atoms with Gasteiger partial charge in [0.15, 0.2) is 10.9 Å². The zero-order chi connectivity index (χ0) is 18.2. The van der Waals surface area contributed by atoms with Gasteiger partial charge in [-0.05, 0) is 29.8 Å². The van der Waals surface area contributed by atoms with Gasteiger partial charge in [0, 0.05) is 24.4 Å². The monoisotopic (exact) mass is 371 g/mol. The summed E-state index contributed by atoms with van der Waals surface area (Å²) >= 11 is 1.54. The number of thioether (sulfide) groups is 1. The molecule has 0 fully saturated rings. The van der Waals surface area contributed by atoms with Gasteiger partial charge in [0.05, 0.1) is 6.26 Å². The molecule has 3 aromatic rings. The standard InChI is InChI=1S/C17H17N5O3S/c23-15(18-7-8-19-16(24)14-2-1-9-25-14)13-5-3-12(4-6-13)10-26-17-20-11-21-22-17/h1-6,9,11H,7-8,10H2,(H,18,23)(H,19,24)(H,20,21,22). The fraction of sp³-hybridized carbons (Fsp3) is 0.176. The molecule has 0 saturated heterocycles. The second kappa shape index (κ2) is 8.86. The van der Waals surface area contributed by atoms with Crippen LogP contribution in [-0.4, -0.2) is 40.1 Å². The van der Waals surface area contributed by atoms with Crippen LogP contribution in [0.4, 0.5) is 0 Å². The van der Waals surface area contributed by atoms with Crippen LogP contribution in [0.3, 0.4) is 0 Å². The van der Waals surface area contributed by atoms with Gasteiger partial charge in [0.1, 0.15) is 6.33 Å². The Morgan fingerprint density at radius 1 is 1.08 bits per heavy atom. The van der Waals surface area contributed by atoms with Gasteiger partial charge < -0.3 is 15.1 Å². The Labute approximate surface area is 153 Å². The number of hydrogen-bond acceptors (Lipinski definition) is 6. The Morgan fingerprint density at radius 2 is 1.85 bits per heavy atom. The summed E-state index contributed by atoms with van der Waals surface area (Å²) in [6, 6.07) is 10.6. The quantitative estimate of drug-likeness (QED) is 0.411. The van der Waals surface area contributed by atoms with Crippen molar-refractivity contribution in [3.8, 4) is 0 Å². The third kappa shape index (κ3) is 4.96. The minimum Gasteiger partial charge on any atom is -0.459 e. The van der Waals surface area contributed by atoms with Gasteiger partial charge in [-0.25, -0.2) is 4.98 Å². The van der Waals surface area contributed by atoms with Crippen LogP contribution in [-0.2, 0) is 5.75 Å². The highest BCUT2D eigenvalue weighted by Gasteiger charge is 2.08. The molecule has 0 aliphatic heterocycles. The van der Waals surface area contributed by atoms with Gasteiger partial charge in [-0.1, -0.05) is 23.9 Å². The highest BCUT2D eigenvalue weighted by atomic mass is 32.2. The average molecular weight is 371 g/mol. The molecular formula is C17H17N5O3S. The van der Waals surface area contributed by atoms with Crippen LogP contribution in [0.15, 0.2) is 58.6 Å². The summed E-state index contributed by atoms with van der Waals surface area (Å²) < 4.78 is 4.99. The molecule has 26 heavy (non-hydrogen) atoms. The number of aromatic amines is 1. The number of benzene rings is 1. The van der Waals surface area contributed by atoms with Crippen LogP contribution in [0, 0.1) is 0 Å². The van der Waals surface area contributed by atoms with E-state index in [0.29, 0.717) is 18.7 Å². The first-order chi connectivity index (χ1) is 12.7. The highest BCUT2D eigenvalue weighted by Crippen LogP contribution is 2.18. The van der Waals surface area contributed by atoms with Gasteiger partial charge in [-0.2, -0.15) is 5.10 Å². The molecular weight excluding hydrogens is 354 g/mol. The lowest BCUT2D eigenvalue weighted by atomic mass is 10.1. The highest BCUT2D eigenvalue weighted by molar-refractivity contribution is 7.98. The minimum atomic E-state index is -0.308. The summed E-state index contributed by atoms with van der Waals surface area (Å²) in [4.78, 5) is 27.8. The van der Waals surface area contributed by atoms with Crippen molar-refractivity contribution < 1.29 is 14.0 Å². The van der Waals surface area contributed by atoms with E-state index in [-0.39, 0.29) is 17.6 Å². The molecule has 0 radical (unpaired) electrons. The lowest BCUT2D eigenvalue weighted by Gasteiger charge is -2.07. The Kier molecular flexibility index (Phi) is 6.05. The Morgan fingerprint density at radius 3 is 2.50 bits per heavy atom. The fourth-order valence-electron chi connectivity index (χ4n) is 2.12. The molecule has 0 unspecified atom stereocenters. The van der Waals surface area contributed by atoms with Crippen molar-refractivity contribution in [1.82, 2.24) is 25.8 Å². The van der Waals surface area contributed by atoms with E-state index in [9.17, 15) is 9.59 Å². The van der Waals surface area contributed by atoms with Gasteiger partial charge in [0.25, 0.3) is 11.8 Å². The van der Waals surface area contributed by atoms with Crippen LogP contribution in [0.1, 0.15) is 26.5 Å². The summed E-state index contributed by atoms with van der Waals surface area (Å²) in [5, 5.41) is 12.8. The summed E-state index contributed by atoms with van der Waals surface area (Å²) in [7, 11) is 0. The molecule has 0 aliphatic carbocycles. The molecule has 8 nitrogen and oxygen atoms in total. The van der Waals surface area contributed by atoms with Crippen molar-refractivity contribution in [2.24, 2.45) is 0 Å². The fourth-order valence-corrected chi connectivity index (χ4v) is 2.85. The molecule has 2 amide bonds. The molecule has 3 rings (SSSR count). The second-order valence-corrected chi connectivity index (χ2v) is 6.23. The molecule has 0 spiro atoms. The normalized spacial score (nSPS) is 10.5. The molecule has 2 aromatic heterocycles. The molecule has 1 aromatic carbocycles. The average Bonchev–Trinajstić information content (AvgIpc) is 3.37. The molecule has 0 bridgehead atoms. The van der Waals surface area contributed by atoms with Crippen molar-refractivity contribution >= 4 is 23.6 Å². The summed E-state index contributed by atoms with van der Waals surface area (Å²) in [5.74, 6) is 0.482. The molecule has 0 atom stereocenters. The number of nitrogens with one attached hydrogen (secondary N) is 3. The zero-order valence-electron chi connectivity index (χ0n) is 13.8. The summed E-state index contributed by atoms with van der Waals surface area (Å²) in [5.41, 5.74) is 1.64. The molecule has 0 aliphatic rings. The van der Waals surface area contributed by atoms with E-state index in [1.54, 1.807) is 24.3 Å². The van der Waals surface area contributed by atoms with Crippen LogP contribution >= 0.6 is 11.8 Å². The van der Waals surface area contributed by atoms with Crippen LogP contribution < -0.4 is 10.6 Å². The number of carbonyl (C=O) groups excluding carboxylic acids is 2. The maximum absolute atomic E-state index is 12.1.